The van der Waals surface area contributed by atoms with Gasteiger partial charge in [0, 0.05) is 22.6 Å². The number of rotatable bonds is 4. The van der Waals surface area contributed by atoms with Gasteiger partial charge in [-0.25, -0.2) is 4.39 Å². The van der Waals surface area contributed by atoms with Crippen molar-refractivity contribution in [3.8, 4) is 0 Å². The summed E-state index contributed by atoms with van der Waals surface area (Å²) in [6.45, 7) is 21.3. The minimum atomic E-state index is -0.364. The van der Waals surface area contributed by atoms with Crippen LogP contribution in [0.15, 0.2) is 59.6 Å². The van der Waals surface area contributed by atoms with E-state index in [0.717, 1.165) is 41.2 Å². The maximum absolute atomic E-state index is 15.5. The molecule has 0 aliphatic heterocycles. The Balaban J connectivity index is 0.000000520. The van der Waals surface area contributed by atoms with Crippen LogP contribution in [0.5, 0.6) is 0 Å². The van der Waals surface area contributed by atoms with Crippen LogP contribution in [0.4, 0.5) is 4.39 Å². The van der Waals surface area contributed by atoms with Crippen molar-refractivity contribution in [1.82, 2.24) is 4.98 Å². The molecule has 2 aliphatic carbocycles. The molecule has 2 aliphatic rings. The van der Waals surface area contributed by atoms with Crippen molar-refractivity contribution in [1.29, 1.82) is 0 Å². The Morgan fingerprint density at radius 3 is 2.35 bits per heavy atom. The van der Waals surface area contributed by atoms with E-state index in [1.165, 1.54) is 22.8 Å². The predicted molar refractivity (Wildman–Crippen MR) is 149 cm³/mol. The van der Waals surface area contributed by atoms with Gasteiger partial charge in [0.1, 0.15) is 5.83 Å². The van der Waals surface area contributed by atoms with E-state index in [4.69, 9.17) is 4.98 Å². The van der Waals surface area contributed by atoms with Crippen LogP contribution in [0.2, 0.25) is 0 Å². The second-order valence-corrected chi connectivity index (χ2v) is 10.7. The molecular formula is C32H46FN. The monoisotopic (exact) mass is 463 g/mol. The SMILES string of the molecule is CC.CC1=C(F)C2=C(c3nccc4cccc(c34)C2(C)C)C(CC=CC(C)C)C1.CCC(C)C. The minimum Gasteiger partial charge on any atom is -0.256 e. The van der Waals surface area contributed by atoms with Crippen molar-refractivity contribution in [2.75, 3.05) is 0 Å². The van der Waals surface area contributed by atoms with Gasteiger partial charge in [-0.2, -0.15) is 0 Å². The van der Waals surface area contributed by atoms with Gasteiger partial charge < -0.3 is 0 Å². The van der Waals surface area contributed by atoms with Crippen molar-refractivity contribution in [3.05, 3.63) is 70.8 Å². The van der Waals surface area contributed by atoms with E-state index in [-0.39, 0.29) is 17.2 Å². The zero-order chi connectivity index (χ0) is 25.6. The van der Waals surface area contributed by atoms with E-state index >= 15 is 4.39 Å². The highest BCUT2D eigenvalue weighted by Gasteiger charge is 2.42. The normalized spacial score (nSPS) is 18.7. The number of benzene rings is 1. The lowest BCUT2D eigenvalue weighted by molar-refractivity contribution is 0.510. The molecule has 0 saturated heterocycles. The molecule has 1 unspecified atom stereocenters. The molecule has 34 heavy (non-hydrogen) atoms. The summed E-state index contributed by atoms with van der Waals surface area (Å²) in [7, 11) is 0. The van der Waals surface area contributed by atoms with E-state index in [9.17, 15) is 0 Å². The highest BCUT2D eigenvalue weighted by molar-refractivity contribution is 6.00. The van der Waals surface area contributed by atoms with Crippen molar-refractivity contribution < 1.29 is 4.39 Å². The van der Waals surface area contributed by atoms with Crippen molar-refractivity contribution >= 4 is 16.3 Å². The van der Waals surface area contributed by atoms with Crippen LogP contribution in [0.1, 0.15) is 99.8 Å². The molecule has 2 aromatic rings. The number of allylic oxidation sites excluding steroid dienone is 6. The lowest BCUT2D eigenvalue weighted by Gasteiger charge is -2.41. The van der Waals surface area contributed by atoms with Crippen LogP contribution < -0.4 is 0 Å². The fourth-order valence-corrected chi connectivity index (χ4v) is 4.83. The largest absolute Gasteiger partial charge is 0.256 e. The lowest BCUT2D eigenvalue weighted by atomic mass is 9.63. The van der Waals surface area contributed by atoms with Crippen LogP contribution in [0.3, 0.4) is 0 Å². The third kappa shape index (κ3) is 5.70. The van der Waals surface area contributed by atoms with E-state index < -0.39 is 0 Å². The Labute approximate surface area is 208 Å². The maximum atomic E-state index is 15.5. The Bertz CT molecular complexity index is 1060. The highest BCUT2D eigenvalue weighted by Crippen LogP contribution is 2.54. The van der Waals surface area contributed by atoms with Gasteiger partial charge in [0.05, 0.1) is 5.69 Å². The van der Waals surface area contributed by atoms with Crippen molar-refractivity contribution in [3.63, 3.8) is 0 Å². The maximum Gasteiger partial charge on any atom is 0.126 e. The smallest absolute Gasteiger partial charge is 0.126 e. The molecule has 1 aromatic heterocycles. The molecule has 0 amide bonds. The Kier molecular flexibility index (Phi) is 9.85. The average Bonchev–Trinajstić information content (AvgIpc) is 2.81. The standard InChI is InChI=1S/C25H28FN.C5H12.C2H6/c1-15(2)8-6-10-18-14-16(3)23(26)22-21(18)24-20-17(12-13-27-24)9-7-11-19(20)25(22,4)5;1-4-5(2)3;1-2/h6-9,11-13,15,18H,10,14H2,1-5H3;5H,4H2,1-3H3;1-2H3. The summed E-state index contributed by atoms with van der Waals surface area (Å²) in [5, 5.41) is 2.40. The van der Waals surface area contributed by atoms with Gasteiger partial charge in [-0.15, -0.1) is 0 Å². The van der Waals surface area contributed by atoms with Gasteiger partial charge in [-0.05, 0) is 65.7 Å². The summed E-state index contributed by atoms with van der Waals surface area (Å²) in [6, 6.07) is 8.43. The number of aromatic nitrogens is 1. The van der Waals surface area contributed by atoms with Gasteiger partial charge in [-0.1, -0.05) is 99.1 Å². The molecule has 0 spiro atoms. The van der Waals surface area contributed by atoms with Crippen molar-refractivity contribution in [2.45, 2.75) is 93.9 Å². The molecule has 0 radical (unpaired) electrons. The first-order valence-corrected chi connectivity index (χ1v) is 13.2. The molecule has 1 aromatic carbocycles. The molecule has 1 nitrogen and oxygen atoms in total. The number of pyridine rings is 1. The third-order valence-electron chi connectivity index (χ3n) is 6.93. The van der Waals surface area contributed by atoms with Crippen LogP contribution >= 0.6 is 0 Å². The first-order valence-electron chi connectivity index (χ1n) is 13.2. The van der Waals surface area contributed by atoms with Crippen LogP contribution in [0, 0.1) is 17.8 Å². The topological polar surface area (TPSA) is 12.9 Å². The van der Waals surface area contributed by atoms with E-state index in [1.807, 2.05) is 27.0 Å². The number of halogens is 1. The van der Waals surface area contributed by atoms with Crippen molar-refractivity contribution in [2.24, 2.45) is 17.8 Å². The molecule has 0 saturated carbocycles. The minimum absolute atomic E-state index is 0.0209. The van der Waals surface area contributed by atoms with Gasteiger partial charge in [-0.3, -0.25) is 4.98 Å². The van der Waals surface area contributed by atoms with Crippen LogP contribution in [-0.2, 0) is 5.41 Å². The molecular weight excluding hydrogens is 417 g/mol. The summed E-state index contributed by atoms with van der Waals surface area (Å²) in [5.74, 6) is 1.67. The predicted octanol–water partition coefficient (Wildman–Crippen LogP) is 10.2. The zero-order valence-corrected chi connectivity index (χ0v) is 23.2. The number of nitrogens with zero attached hydrogens (tertiary/aromatic N) is 1. The summed E-state index contributed by atoms with van der Waals surface area (Å²) >= 11 is 0. The molecule has 0 fully saturated rings. The average molecular weight is 464 g/mol. The Morgan fingerprint density at radius 1 is 1.12 bits per heavy atom. The third-order valence-corrected chi connectivity index (χ3v) is 6.93. The lowest BCUT2D eigenvalue weighted by Crippen LogP contribution is -2.31. The summed E-state index contributed by atoms with van der Waals surface area (Å²) in [6.07, 6.45) is 9.39. The number of hydrogen-bond donors (Lipinski definition) is 0. The van der Waals surface area contributed by atoms with Gasteiger partial charge in [0.25, 0.3) is 0 Å². The second-order valence-electron chi connectivity index (χ2n) is 10.7. The van der Waals surface area contributed by atoms with Gasteiger partial charge in [0.15, 0.2) is 0 Å². The van der Waals surface area contributed by atoms with Crippen LogP contribution in [0.25, 0.3) is 16.3 Å². The molecule has 1 atom stereocenters. The van der Waals surface area contributed by atoms with Gasteiger partial charge >= 0.3 is 0 Å². The van der Waals surface area contributed by atoms with Gasteiger partial charge in [0.2, 0.25) is 0 Å². The highest BCUT2D eigenvalue weighted by atomic mass is 19.1. The second kappa shape index (κ2) is 12.0. The van der Waals surface area contributed by atoms with E-state index in [0.29, 0.717) is 5.92 Å². The Hall–Kier alpha value is -2.22. The molecule has 186 valence electrons. The van der Waals surface area contributed by atoms with E-state index in [2.05, 4.69) is 84.9 Å². The summed E-state index contributed by atoms with van der Waals surface area (Å²) in [4.78, 5) is 4.77. The van der Waals surface area contributed by atoms with Crippen LogP contribution in [-0.4, -0.2) is 4.98 Å². The molecule has 4 rings (SSSR count). The first kappa shape index (κ1) is 28.0. The first-order chi connectivity index (χ1) is 16.1. The molecule has 0 N–H and O–H groups in total. The fourth-order valence-electron chi connectivity index (χ4n) is 4.83. The van der Waals surface area contributed by atoms with E-state index in [1.54, 1.807) is 0 Å². The quantitative estimate of drug-likeness (QED) is 0.411. The number of fused-ring (bicyclic) bond motifs is 1. The molecule has 0 bridgehead atoms. The molecule has 2 heteroatoms. The summed E-state index contributed by atoms with van der Waals surface area (Å²) in [5.41, 5.74) is 4.66. The zero-order valence-electron chi connectivity index (χ0n) is 23.2. The Morgan fingerprint density at radius 2 is 1.76 bits per heavy atom. The number of hydrogen-bond acceptors (Lipinski definition) is 1. The fraction of sp³-hybridized carbons (Fsp3) is 0.531. The molecule has 1 heterocycles. The summed E-state index contributed by atoms with van der Waals surface area (Å²) < 4.78 is 15.5.